The fraction of sp³-hybridized carbons (Fsp3) is 0.333. The molecule has 3 N–H and O–H groups in total. The van der Waals surface area contributed by atoms with Gasteiger partial charge in [0.05, 0.1) is 0 Å². The van der Waals surface area contributed by atoms with Gasteiger partial charge in [-0.25, -0.2) is 0 Å². The molecule has 70 valence electrons. The zero-order chi connectivity index (χ0) is 9.84. The quantitative estimate of drug-likeness (QED) is 0.705. The summed E-state index contributed by atoms with van der Waals surface area (Å²) in [5, 5.41) is 2.73. The SMILES string of the molecule is CC(C)NC(=O)c1cc(N)ccn1. The highest BCUT2D eigenvalue weighted by molar-refractivity contribution is 5.93. The largest absolute Gasteiger partial charge is 0.399 e. The number of amides is 1. The van der Waals surface area contributed by atoms with Gasteiger partial charge in [0, 0.05) is 17.9 Å². The molecule has 0 aromatic carbocycles. The first-order valence-electron chi connectivity index (χ1n) is 4.12. The van der Waals surface area contributed by atoms with Crippen molar-refractivity contribution < 1.29 is 4.79 Å². The molecule has 0 unspecified atom stereocenters. The molecule has 0 saturated carbocycles. The Morgan fingerprint density at radius 1 is 1.62 bits per heavy atom. The van der Waals surface area contributed by atoms with Crippen LogP contribution in [0.25, 0.3) is 0 Å². The minimum atomic E-state index is -0.192. The van der Waals surface area contributed by atoms with Gasteiger partial charge in [0.1, 0.15) is 5.69 Å². The van der Waals surface area contributed by atoms with Crippen LogP contribution in [0.4, 0.5) is 5.69 Å². The molecule has 0 atom stereocenters. The Morgan fingerprint density at radius 2 is 2.31 bits per heavy atom. The molecule has 0 radical (unpaired) electrons. The van der Waals surface area contributed by atoms with Crippen molar-refractivity contribution in [3.8, 4) is 0 Å². The maximum absolute atomic E-state index is 11.4. The van der Waals surface area contributed by atoms with E-state index in [4.69, 9.17) is 5.73 Å². The van der Waals surface area contributed by atoms with E-state index < -0.39 is 0 Å². The molecule has 1 aromatic heterocycles. The lowest BCUT2D eigenvalue weighted by atomic mass is 10.3. The molecular weight excluding hydrogens is 166 g/mol. The van der Waals surface area contributed by atoms with Gasteiger partial charge in [-0.05, 0) is 26.0 Å². The third-order valence-electron chi connectivity index (χ3n) is 1.44. The summed E-state index contributed by atoms with van der Waals surface area (Å²) >= 11 is 0. The number of nitrogens with zero attached hydrogens (tertiary/aromatic N) is 1. The topological polar surface area (TPSA) is 68.0 Å². The van der Waals surface area contributed by atoms with Crippen LogP contribution in [0.3, 0.4) is 0 Å². The normalized spacial score (nSPS) is 10.1. The number of hydrogen-bond donors (Lipinski definition) is 2. The van der Waals surface area contributed by atoms with Gasteiger partial charge in [-0.15, -0.1) is 0 Å². The smallest absolute Gasteiger partial charge is 0.270 e. The van der Waals surface area contributed by atoms with Gasteiger partial charge in [-0.1, -0.05) is 0 Å². The Balaban J connectivity index is 2.77. The molecule has 0 saturated heterocycles. The van der Waals surface area contributed by atoms with Gasteiger partial charge in [0.25, 0.3) is 5.91 Å². The number of rotatable bonds is 2. The molecule has 13 heavy (non-hydrogen) atoms. The predicted octanol–water partition coefficient (Wildman–Crippen LogP) is 0.802. The van der Waals surface area contributed by atoms with Crippen molar-refractivity contribution in [2.75, 3.05) is 5.73 Å². The van der Waals surface area contributed by atoms with E-state index in [0.29, 0.717) is 11.4 Å². The van der Waals surface area contributed by atoms with Crippen molar-refractivity contribution in [2.45, 2.75) is 19.9 Å². The molecule has 1 aromatic rings. The van der Waals surface area contributed by atoms with Gasteiger partial charge in [0.15, 0.2) is 0 Å². The molecule has 1 heterocycles. The van der Waals surface area contributed by atoms with Crippen LogP contribution in [0.1, 0.15) is 24.3 Å². The van der Waals surface area contributed by atoms with Crippen LogP contribution in [0.2, 0.25) is 0 Å². The minimum Gasteiger partial charge on any atom is -0.399 e. The average Bonchev–Trinajstić information content (AvgIpc) is 2.03. The lowest BCUT2D eigenvalue weighted by molar-refractivity contribution is 0.0938. The lowest BCUT2D eigenvalue weighted by Gasteiger charge is -2.07. The number of nitrogens with two attached hydrogens (primary N) is 1. The summed E-state index contributed by atoms with van der Waals surface area (Å²) in [6, 6.07) is 3.31. The van der Waals surface area contributed by atoms with Crippen molar-refractivity contribution in [3.05, 3.63) is 24.0 Å². The monoisotopic (exact) mass is 179 g/mol. The maximum Gasteiger partial charge on any atom is 0.270 e. The molecule has 0 bridgehead atoms. The zero-order valence-electron chi connectivity index (χ0n) is 7.74. The summed E-state index contributed by atoms with van der Waals surface area (Å²) in [6.07, 6.45) is 1.52. The van der Waals surface area contributed by atoms with Gasteiger partial charge in [-0.3, -0.25) is 9.78 Å². The van der Waals surface area contributed by atoms with E-state index in [1.165, 1.54) is 6.20 Å². The summed E-state index contributed by atoms with van der Waals surface area (Å²) in [7, 11) is 0. The third-order valence-corrected chi connectivity index (χ3v) is 1.44. The van der Waals surface area contributed by atoms with E-state index in [-0.39, 0.29) is 11.9 Å². The number of nitrogens with one attached hydrogen (secondary N) is 1. The number of nitrogen functional groups attached to an aromatic ring is 1. The lowest BCUT2D eigenvalue weighted by Crippen LogP contribution is -2.30. The van der Waals surface area contributed by atoms with Gasteiger partial charge < -0.3 is 11.1 Å². The number of aromatic nitrogens is 1. The second kappa shape index (κ2) is 3.89. The highest BCUT2D eigenvalue weighted by Crippen LogP contribution is 2.02. The molecule has 4 heteroatoms. The van der Waals surface area contributed by atoms with Crippen LogP contribution >= 0.6 is 0 Å². The van der Waals surface area contributed by atoms with Crippen LogP contribution in [0, 0.1) is 0 Å². The van der Waals surface area contributed by atoms with Crippen LogP contribution in [-0.2, 0) is 0 Å². The zero-order valence-corrected chi connectivity index (χ0v) is 7.74. The number of anilines is 1. The first kappa shape index (κ1) is 9.51. The standard InChI is InChI=1S/C9H13N3O/c1-6(2)12-9(13)8-5-7(10)3-4-11-8/h3-6H,1-2H3,(H2,10,11)(H,12,13). The molecule has 0 spiro atoms. The molecule has 0 aliphatic carbocycles. The second-order valence-corrected chi connectivity index (χ2v) is 3.10. The van der Waals surface area contributed by atoms with Crippen LogP contribution in [0.15, 0.2) is 18.3 Å². The molecule has 0 aliphatic rings. The summed E-state index contributed by atoms with van der Waals surface area (Å²) < 4.78 is 0. The molecule has 4 nitrogen and oxygen atoms in total. The molecule has 0 aliphatic heterocycles. The Hall–Kier alpha value is -1.58. The summed E-state index contributed by atoms with van der Waals surface area (Å²) in [5.41, 5.74) is 6.41. The van der Waals surface area contributed by atoms with E-state index in [1.54, 1.807) is 12.1 Å². The van der Waals surface area contributed by atoms with E-state index >= 15 is 0 Å². The summed E-state index contributed by atoms with van der Waals surface area (Å²) in [4.78, 5) is 15.3. The Morgan fingerprint density at radius 3 is 2.85 bits per heavy atom. The van der Waals surface area contributed by atoms with E-state index in [9.17, 15) is 4.79 Å². The fourth-order valence-electron chi connectivity index (χ4n) is 0.907. The van der Waals surface area contributed by atoms with Crippen LogP contribution in [0.5, 0.6) is 0 Å². The van der Waals surface area contributed by atoms with E-state index in [0.717, 1.165) is 0 Å². The number of pyridine rings is 1. The van der Waals surface area contributed by atoms with Crippen molar-refractivity contribution in [3.63, 3.8) is 0 Å². The van der Waals surface area contributed by atoms with Gasteiger partial charge in [0.2, 0.25) is 0 Å². The first-order valence-corrected chi connectivity index (χ1v) is 4.12. The van der Waals surface area contributed by atoms with Gasteiger partial charge >= 0.3 is 0 Å². The number of hydrogen-bond acceptors (Lipinski definition) is 3. The second-order valence-electron chi connectivity index (χ2n) is 3.10. The number of carbonyl (C=O) groups is 1. The predicted molar refractivity (Wildman–Crippen MR) is 51.3 cm³/mol. The summed E-state index contributed by atoms with van der Waals surface area (Å²) in [6.45, 7) is 3.79. The average molecular weight is 179 g/mol. The van der Waals surface area contributed by atoms with Crippen molar-refractivity contribution in [1.29, 1.82) is 0 Å². The Bertz CT molecular complexity index is 309. The van der Waals surface area contributed by atoms with E-state index in [1.807, 2.05) is 13.8 Å². The highest BCUT2D eigenvalue weighted by Gasteiger charge is 2.07. The van der Waals surface area contributed by atoms with Crippen LogP contribution in [-0.4, -0.2) is 16.9 Å². The van der Waals surface area contributed by atoms with E-state index in [2.05, 4.69) is 10.3 Å². The highest BCUT2D eigenvalue weighted by atomic mass is 16.1. The third kappa shape index (κ3) is 2.74. The first-order chi connectivity index (χ1) is 6.09. The Kier molecular flexibility index (Phi) is 2.84. The Labute approximate surface area is 77.2 Å². The van der Waals surface area contributed by atoms with Gasteiger partial charge in [-0.2, -0.15) is 0 Å². The minimum absolute atomic E-state index is 0.107. The molecular formula is C9H13N3O. The maximum atomic E-state index is 11.4. The molecule has 0 fully saturated rings. The van der Waals surface area contributed by atoms with Crippen molar-refractivity contribution >= 4 is 11.6 Å². The fourth-order valence-corrected chi connectivity index (χ4v) is 0.907. The van der Waals surface area contributed by atoms with Crippen molar-refractivity contribution in [1.82, 2.24) is 10.3 Å². The van der Waals surface area contributed by atoms with Crippen LogP contribution < -0.4 is 11.1 Å². The van der Waals surface area contributed by atoms with Crippen molar-refractivity contribution in [2.24, 2.45) is 0 Å². The molecule has 1 rings (SSSR count). The summed E-state index contributed by atoms with van der Waals surface area (Å²) in [5.74, 6) is -0.192. The number of carbonyl (C=O) groups excluding carboxylic acids is 1. The molecule has 1 amide bonds.